The van der Waals surface area contributed by atoms with Gasteiger partial charge in [-0.15, -0.1) is 0 Å². The molecule has 1 aliphatic rings. The first kappa shape index (κ1) is 15.0. The molecule has 0 spiro atoms. The average molecular weight is 297 g/mol. The van der Waals surface area contributed by atoms with Crippen LogP contribution in [0.2, 0.25) is 0 Å². The van der Waals surface area contributed by atoms with Gasteiger partial charge in [0, 0.05) is 25.0 Å². The van der Waals surface area contributed by atoms with Gasteiger partial charge in [-0.2, -0.15) is 0 Å². The average Bonchev–Trinajstić information content (AvgIpc) is 2.56. The summed E-state index contributed by atoms with van der Waals surface area (Å²) in [5, 5.41) is 0. The standard InChI is InChI=1S/C18H23N3O/c1-2-14-3-4-17(20-12-14)13-21-9-6-15(7-10-21)16-5-8-19-18(22)11-16/h3-5,8,11-12,15H,2,6-7,9-10,13H2,1H3,(H,19,22). The Morgan fingerprint density at radius 2 is 2.09 bits per heavy atom. The van der Waals surface area contributed by atoms with Crippen molar-refractivity contribution in [2.45, 2.75) is 38.6 Å². The molecule has 2 aromatic rings. The minimum atomic E-state index is 0.000133. The maximum atomic E-state index is 11.4. The SMILES string of the molecule is CCc1ccc(CN2CCC(c3cc[nH]c(=O)c3)CC2)nc1. The number of aryl methyl sites for hydroxylation is 1. The lowest BCUT2D eigenvalue weighted by molar-refractivity contribution is 0.202. The van der Waals surface area contributed by atoms with E-state index in [1.165, 1.54) is 11.1 Å². The number of pyridine rings is 2. The van der Waals surface area contributed by atoms with E-state index in [1.807, 2.05) is 12.3 Å². The van der Waals surface area contributed by atoms with Gasteiger partial charge >= 0.3 is 0 Å². The van der Waals surface area contributed by atoms with Gasteiger partial charge in [-0.1, -0.05) is 13.0 Å². The van der Waals surface area contributed by atoms with Crippen molar-refractivity contribution in [1.29, 1.82) is 0 Å². The van der Waals surface area contributed by atoms with Crippen LogP contribution in [0.25, 0.3) is 0 Å². The van der Waals surface area contributed by atoms with E-state index in [1.54, 1.807) is 12.3 Å². The van der Waals surface area contributed by atoms with Gasteiger partial charge < -0.3 is 4.98 Å². The van der Waals surface area contributed by atoms with Crippen molar-refractivity contribution in [3.05, 3.63) is 63.8 Å². The summed E-state index contributed by atoms with van der Waals surface area (Å²) in [4.78, 5) is 21.1. The fourth-order valence-electron chi connectivity index (χ4n) is 3.13. The summed E-state index contributed by atoms with van der Waals surface area (Å²) in [5.74, 6) is 0.508. The normalized spacial score (nSPS) is 16.8. The van der Waals surface area contributed by atoms with E-state index in [9.17, 15) is 4.79 Å². The van der Waals surface area contributed by atoms with E-state index in [4.69, 9.17) is 0 Å². The quantitative estimate of drug-likeness (QED) is 0.944. The second-order valence-electron chi connectivity index (χ2n) is 6.05. The van der Waals surface area contributed by atoms with Crippen LogP contribution in [0.1, 0.15) is 42.5 Å². The summed E-state index contributed by atoms with van der Waals surface area (Å²) in [6.07, 6.45) is 6.99. The van der Waals surface area contributed by atoms with Crippen LogP contribution in [-0.4, -0.2) is 28.0 Å². The summed E-state index contributed by atoms with van der Waals surface area (Å²) in [6.45, 7) is 5.20. The molecule has 22 heavy (non-hydrogen) atoms. The highest BCUT2D eigenvalue weighted by Crippen LogP contribution is 2.27. The highest BCUT2D eigenvalue weighted by Gasteiger charge is 2.21. The molecule has 3 heterocycles. The third-order valence-electron chi connectivity index (χ3n) is 4.54. The molecule has 1 N–H and O–H groups in total. The molecule has 1 fully saturated rings. The second-order valence-corrected chi connectivity index (χ2v) is 6.05. The van der Waals surface area contributed by atoms with Crippen LogP contribution in [0.3, 0.4) is 0 Å². The molecule has 0 amide bonds. The van der Waals surface area contributed by atoms with Crippen LogP contribution in [0.4, 0.5) is 0 Å². The number of likely N-dealkylation sites (tertiary alicyclic amines) is 1. The molecule has 2 aromatic heterocycles. The first-order valence-electron chi connectivity index (χ1n) is 8.09. The van der Waals surface area contributed by atoms with Crippen molar-refractivity contribution in [3.8, 4) is 0 Å². The van der Waals surface area contributed by atoms with Gasteiger partial charge in [-0.3, -0.25) is 14.7 Å². The molecular formula is C18H23N3O. The largest absolute Gasteiger partial charge is 0.329 e. The summed E-state index contributed by atoms with van der Waals surface area (Å²) in [6, 6.07) is 8.09. The molecule has 116 valence electrons. The Hall–Kier alpha value is -1.94. The van der Waals surface area contributed by atoms with Crippen molar-refractivity contribution in [1.82, 2.24) is 14.9 Å². The van der Waals surface area contributed by atoms with Crippen molar-refractivity contribution < 1.29 is 0 Å². The van der Waals surface area contributed by atoms with Crippen LogP contribution >= 0.6 is 0 Å². The highest BCUT2D eigenvalue weighted by molar-refractivity contribution is 5.17. The van der Waals surface area contributed by atoms with Crippen LogP contribution in [-0.2, 0) is 13.0 Å². The zero-order valence-corrected chi connectivity index (χ0v) is 13.1. The minimum absolute atomic E-state index is 0.000133. The van der Waals surface area contributed by atoms with Crippen LogP contribution in [0, 0.1) is 0 Å². The lowest BCUT2D eigenvalue weighted by Crippen LogP contribution is -2.33. The predicted octanol–water partition coefficient (Wildman–Crippen LogP) is 2.71. The van der Waals surface area contributed by atoms with Crippen LogP contribution in [0.15, 0.2) is 41.5 Å². The number of nitrogens with one attached hydrogen (secondary N) is 1. The Bertz CT molecular complexity index is 655. The number of hydrogen-bond donors (Lipinski definition) is 1. The number of aromatic amines is 1. The Kier molecular flexibility index (Phi) is 4.68. The van der Waals surface area contributed by atoms with Crippen LogP contribution in [0.5, 0.6) is 0 Å². The van der Waals surface area contributed by atoms with Gasteiger partial charge in [0.05, 0.1) is 5.69 Å². The predicted molar refractivity (Wildman–Crippen MR) is 87.9 cm³/mol. The molecular weight excluding hydrogens is 274 g/mol. The maximum Gasteiger partial charge on any atom is 0.248 e. The zero-order chi connectivity index (χ0) is 15.4. The number of nitrogens with zero attached hydrogens (tertiary/aromatic N) is 2. The smallest absolute Gasteiger partial charge is 0.248 e. The Morgan fingerprint density at radius 3 is 2.73 bits per heavy atom. The first-order valence-corrected chi connectivity index (χ1v) is 8.09. The number of aromatic nitrogens is 2. The Balaban J connectivity index is 1.56. The van der Waals surface area contributed by atoms with Crippen molar-refractivity contribution in [2.75, 3.05) is 13.1 Å². The van der Waals surface area contributed by atoms with E-state index in [2.05, 4.69) is 33.9 Å². The first-order chi connectivity index (χ1) is 10.7. The molecule has 1 aliphatic heterocycles. The molecule has 1 saturated heterocycles. The number of rotatable bonds is 4. The fraction of sp³-hybridized carbons (Fsp3) is 0.444. The topological polar surface area (TPSA) is 49.0 Å². The fourth-order valence-corrected chi connectivity index (χ4v) is 3.13. The molecule has 4 heteroatoms. The number of H-pyrrole nitrogens is 1. The van der Waals surface area contributed by atoms with E-state index >= 15 is 0 Å². The molecule has 0 atom stereocenters. The van der Waals surface area contributed by atoms with Gasteiger partial charge in [-0.05, 0) is 61.5 Å². The molecule has 0 unspecified atom stereocenters. The number of piperidine rings is 1. The lowest BCUT2D eigenvalue weighted by Gasteiger charge is -2.31. The third-order valence-corrected chi connectivity index (χ3v) is 4.54. The molecule has 0 aliphatic carbocycles. The van der Waals surface area contributed by atoms with Gasteiger partial charge in [0.15, 0.2) is 0 Å². The van der Waals surface area contributed by atoms with Crippen LogP contribution < -0.4 is 5.56 Å². The van der Waals surface area contributed by atoms with E-state index in [-0.39, 0.29) is 5.56 Å². The molecule has 4 nitrogen and oxygen atoms in total. The minimum Gasteiger partial charge on any atom is -0.329 e. The van der Waals surface area contributed by atoms with Gasteiger partial charge in [0.25, 0.3) is 0 Å². The van der Waals surface area contributed by atoms with Crippen molar-refractivity contribution >= 4 is 0 Å². The van der Waals surface area contributed by atoms with Crippen molar-refractivity contribution in [2.24, 2.45) is 0 Å². The van der Waals surface area contributed by atoms with Crippen molar-refractivity contribution in [3.63, 3.8) is 0 Å². The summed E-state index contributed by atoms with van der Waals surface area (Å²) in [7, 11) is 0. The second kappa shape index (κ2) is 6.88. The Labute approximate surface area is 131 Å². The third kappa shape index (κ3) is 3.63. The highest BCUT2D eigenvalue weighted by atomic mass is 16.1. The molecule has 3 rings (SSSR count). The zero-order valence-electron chi connectivity index (χ0n) is 13.1. The number of hydrogen-bond acceptors (Lipinski definition) is 3. The van der Waals surface area contributed by atoms with Gasteiger partial charge in [-0.25, -0.2) is 0 Å². The Morgan fingerprint density at radius 1 is 1.27 bits per heavy atom. The van der Waals surface area contributed by atoms with E-state index in [0.29, 0.717) is 5.92 Å². The monoisotopic (exact) mass is 297 g/mol. The lowest BCUT2D eigenvalue weighted by atomic mass is 9.90. The maximum absolute atomic E-state index is 11.4. The summed E-state index contributed by atoms with van der Waals surface area (Å²) < 4.78 is 0. The molecule has 0 saturated carbocycles. The molecule has 0 bridgehead atoms. The van der Waals surface area contributed by atoms with E-state index < -0.39 is 0 Å². The van der Waals surface area contributed by atoms with Gasteiger partial charge in [0.2, 0.25) is 5.56 Å². The molecule has 0 aromatic carbocycles. The summed E-state index contributed by atoms with van der Waals surface area (Å²) in [5.41, 5.74) is 3.61. The summed E-state index contributed by atoms with van der Waals surface area (Å²) >= 11 is 0. The van der Waals surface area contributed by atoms with E-state index in [0.717, 1.165) is 44.6 Å². The van der Waals surface area contributed by atoms with Gasteiger partial charge in [0.1, 0.15) is 0 Å². The molecule has 0 radical (unpaired) electrons.